The maximum atomic E-state index is 13.7. The topological polar surface area (TPSA) is 98.0 Å². The second kappa shape index (κ2) is 9.59. The third-order valence-electron chi connectivity index (χ3n) is 7.08. The number of aliphatic hydroxyl groups excluding tert-OH is 1. The van der Waals surface area contributed by atoms with Crippen molar-refractivity contribution in [2.24, 2.45) is 5.92 Å². The van der Waals surface area contributed by atoms with Gasteiger partial charge in [-0.1, -0.05) is 23.0 Å². The number of anilines is 1. The molecule has 2 aromatic heterocycles. The Hall–Kier alpha value is -2.37. The zero-order chi connectivity index (χ0) is 23.9. The van der Waals surface area contributed by atoms with Crippen LogP contribution in [-0.2, 0) is 4.74 Å². The number of ether oxygens (including phenoxy) is 1. The smallest absolute Gasteiger partial charge is 0.191 e. The van der Waals surface area contributed by atoms with Gasteiger partial charge in [-0.25, -0.2) is 23.4 Å². The fraction of sp³-hybridized carbons (Fsp3) is 0.583. The lowest BCUT2D eigenvalue weighted by atomic mass is 10.1. The molecular weight excluding hydrogens is 474 g/mol. The van der Waals surface area contributed by atoms with Crippen LogP contribution in [0.2, 0.25) is 0 Å². The van der Waals surface area contributed by atoms with Crippen LogP contribution in [0.3, 0.4) is 0 Å². The summed E-state index contributed by atoms with van der Waals surface area (Å²) in [5, 5.41) is 22.1. The quantitative estimate of drug-likeness (QED) is 0.316. The zero-order valence-electron chi connectivity index (χ0n) is 19.2. The minimum Gasteiger partial charge on any atom is -0.394 e. The van der Waals surface area contributed by atoms with Crippen molar-refractivity contribution in [2.75, 3.05) is 24.3 Å². The second-order valence-corrected chi connectivity index (χ2v) is 10.8. The first kappa shape index (κ1) is 23.1. The van der Waals surface area contributed by atoms with Gasteiger partial charge in [0, 0.05) is 17.7 Å². The molecule has 11 heteroatoms. The third-order valence-corrected chi connectivity index (χ3v) is 8.16. The minimum atomic E-state index is -0.832. The summed E-state index contributed by atoms with van der Waals surface area (Å²) in [6.45, 7) is 0.359. The summed E-state index contributed by atoms with van der Waals surface area (Å²) in [6, 6.07) is 4.29. The van der Waals surface area contributed by atoms with Crippen LogP contribution in [0, 0.1) is 17.6 Å². The standard InChI is InChI=1S/C24H28F2N6O2S/c25-18-6-3-14(9-19(18)26)17-11-20(17)27-22-21-23(29-24(28-22)35-12-13-1-2-13)32(31-30-21)15-4-5-16(10-15)34-8-7-33/h3,6,9,13,15-17,20,33H,1-2,4-5,7-8,10-12H2,(H,27,28,29)/t15-,16+,17-,20+/m0/s1. The van der Waals surface area contributed by atoms with Crippen LogP contribution in [0.1, 0.15) is 56.0 Å². The maximum Gasteiger partial charge on any atom is 0.191 e. The van der Waals surface area contributed by atoms with E-state index >= 15 is 0 Å². The summed E-state index contributed by atoms with van der Waals surface area (Å²) in [7, 11) is 0. The first-order valence-electron chi connectivity index (χ1n) is 12.3. The molecule has 4 atom stereocenters. The number of hydrogen-bond donors (Lipinski definition) is 2. The molecule has 0 spiro atoms. The Kier molecular flexibility index (Phi) is 6.32. The number of thioether (sulfide) groups is 1. The SMILES string of the molecule is OCCO[C@@H]1CC[C@H](n2nnc3c(N[C@@H]4C[C@H]4c4ccc(F)c(F)c4)nc(SCC4CC4)nc32)C1. The molecule has 3 fully saturated rings. The van der Waals surface area contributed by atoms with Gasteiger partial charge in [0.05, 0.1) is 25.4 Å². The fourth-order valence-electron chi connectivity index (χ4n) is 4.85. The van der Waals surface area contributed by atoms with Gasteiger partial charge in [-0.2, -0.15) is 0 Å². The van der Waals surface area contributed by atoms with Gasteiger partial charge in [-0.15, -0.1) is 5.10 Å². The summed E-state index contributed by atoms with van der Waals surface area (Å²) in [5.41, 5.74) is 2.11. The van der Waals surface area contributed by atoms with Gasteiger partial charge in [0.2, 0.25) is 0 Å². The molecule has 0 aliphatic heterocycles. The summed E-state index contributed by atoms with van der Waals surface area (Å²) in [4.78, 5) is 9.61. The van der Waals surface area contributed by atoms with E-state index in [1.807, 2.05) is 4.68 Å². The fourth-order valence-corrected chi connectivity index (χ4v) is 5.87. The molecular formula is C24H28F2N6O2S. The monoisotopic (exact) mass is 502 g/mol. The molecule has 0 saturated heterocycles. The average molecular weight is 503 g/mol. The largest absolute Gasteiger partial charge is 0.394 e. The normalized spacial score (nSPS) is 25.9. The number of nitrogens with one attached hydrogen (secondary N) is 1. The predicted octanol–water partition coefficient (Wildman–Crippen LogP) is 4.07. The highest BCUT2D eigenvalue weighted by Crippen LogP contribution is 2.44. The van der Waals surface area contributed by atoms with Crippen LogP contribution in [0.5, 0.6) is 0 Å². The molecule has 3 aliphatic rings. The van der Waals surface area contributed by atoms with Gasteiger partial charge in [-0.05, 0) is 62.1 Å². The molecule has 1 aromatic carbocycles. The van der Waals surface area contributed by atoms with Crippen LogP contribution >= 0.6 is 11.8 Å². The van der Waals surface area contributed by atoms with Crippen molar-refractivity contribution in [1.82, 2.24) is 25.0 Å². The van der Waals surface area contributed by atoms with E-state index in [-0.39, 0.29) is 30.7 Å². The van der Waals surface area contributed by atoms with Gasteiger partial charge in [0.15, 0.2) is 33.8 Å². The molecule has 186 valence electrons. The van der Waals surface area contributed by atoms with Crippen LogP contribution in [0.4, 0.5) is 14.6 Å². The zero-order valence-corrected chi connectivity index (χ0v) is 20.1. The van der Waals surface area contributed by atoms with Gasteiger partial charge in [0.25, 0.3) is 0 Å². The molecule has 2 heterocycles. The summed E-state index contributed by atoms with van der Waals surface area (Å²) in [5.74, 6) is 0.804. The third kappa shape index (κ3) is 4.99. The molecule has 3 saturated carbocycles. The molecule has 2 N–H and O–H groups in total. The molecule has 0 bridgehead atoms. The van der Waals surface area contributed by atoms with Crippen molar-refractivity contribution in [3.8, 4) is 0 Å². The Morgan fingerprint density at radius 2 is 2.00 bits per heavy atom. The van der Waals surface area contributed by atoms with Crippen molar-refractivity contribution < 1.29 is 18.6 Å². The van der Waals surface area contributed by atoms with E-state index in [4.69, 9.17) is 19.8 Å². The second-order valence-electron chi connectivity index (χ2n) is 9.77. The lowest BCUT2D eigenvalue weighted by Crippen LogP contribution is -2.14. The highest BCUT2D eigenvalue weighted by molar-refractivity contribution is 7.99. The van der Waals surface area contributed by atoms with Crippen molar-refractivity contribution in [3.63, 3.8) is 0 Å². The first-order chi connectivity index (χ1) is 17.1. The number of aliphatic hydroxyl groups is 1. The van der Waals surface area contributed by atoms with Gasteiger partial charge >= 0.3 is 0 Å². The Labute approximate surface area is 205 Å². The molecule has 0 amide bonds. The minimum absolute atomic E-state index is 0.0178. The number of nitrogens with zero attached hydrogens (tertiary/aromatic N) is 5. The van der Waals surface area contributed by atoms with E-state index in [9.17, 15) is 8.78 Å². The van der Waals surface area contributed by atoms with Crippen LogP contribution < -0.4 is 5.32 Å². The summed E-state index contributed by atoms with van der Waals surface area (Å²) >= 11 is 1.66. The summed E-state index contributed by atoms with van der Waals surface area (Å²) < 4.78 is 34.7. The highest BCUT2D eigenvalue weighted by atomic mass is 32.2. The number of rotatable bonds is 10. The van der Waals surface area contributed by atoms with Crippen LogP contribution in [0.25, 0.3) is 11.2 Å². The predicted molar refractivity (Wildman–Crippen MR) is 127 cm³/mol. The van der Waals surface area contributed by atoms with Gasteiger partial charge in [-0.3, -0.25) is 0 Å². The molecule has 0 radical (unpaired) electrons. The van der Waals surface area contributed by atoms with Crippen molar-refractivity contribution >= 4 is 28.7 Å². The van der Waals surface area contributed by atoms with E-state index in [0.717, 1.165) is 42.9 Å². The van der Waals surface area contributed by atoms with E-state index < -0.39 is 11.6 Å². The Morgan fingerprint density at radius 1 is 1.11 bits per heavy atom. The molecule has 8 nitrogen and oxygen atoms in total. The van der Waals surface area contributed by atoms with E-state index in [1.54, 1.807) is 17.8 Å². The van der Waals surface area contributed by atoms with Crippen LogP contribution in [0.15, 0.2) is 23.4 Å². The van der Waals surface area contributed by atoms with Crippen molar-refractivity contribution in [1.29, 1.82) is 0 Å². The van der Waals surface area contributed by atoms with E-state index in [0.29, 0.717) is 28.7 Å². The summed E-state index contributed by atoms with van der Waals surface area (Å²) in [6.07, 6.45) is 6.04. The van der Waals surface area contributed by atoms with Crippen molar-refractivity contribution in [2.45, 2.75) is 67.8 Å². The number of hydrogen-bond acceptors (Lipinski definition) is 8. The molecule has 0 unspecified atom stereocenters. The van der Waals surface area contributed by atoms with E-state index in [2.05, 4.69) is 15.6 Å². The Balaban J connectivity index is 1.25. The van der Waals surface area contributed by atoms with Gasteiger partial charge < -0.3 is 15.2 Å². The van der Waals surface area contributed by atoms with Crippen LogP contribution in [-0.4, -0.2) is 61.2 Å². The lowest BCUT2D eigenvalue weighted by molar-refractivity contribution is 0.0309. The average Bonchev–Trinajstić information content (AvgIpc) is 3.74. The lowest BCUT2D eigenvalue weighted by Gasteiger charge is -2.13. The molecule has 6 rings (SSSR count). The number of benzene rings is 1. The van der Waals surface area contributed by atoms with Gasteiger partial charge in [0.1, 0.15) is 0 Å². The van der Waals surface area contributed by atoms with E-state index in [1.165, 1.54) is 25.0 Å². The molecule has 3 aliphatic carbocycles. The molecule has 3 aromatic rings. The first-order valence-corrected chi connectivity index (χ1v) is 13.3. The number of fused-ring (bicyclic) bond motifs is 1. The maximum absolute atomic E-state index is 13.7. The highest BCUT2D eigenvalue weighted by Gasteiger charge is 2.40. The Morgan fingerprint density at radius 3 is 2.80 bits per heavy atom. The number of aromatic nitrogens is 5. The molecule has 35 heavy (non-hydrogen) atoms. The van der Waals surface area contributed by atoms with Crippen molar-refractivity contribution in [3.05, 3.63) is 35.4 Å². The Bertz CT molecular complexity index is 1220. The number of halogens is 2.